The van der Waals surface area contributed by atoms with Crippen LogP contribution in [0.15, 0.2) is 53.1 Å². The second kappa shape index (κ2) is 9.93. The first-order chi connectivity index (χ1) is 14.1. The number of carbonyl (C=O) groups is 1. The lowest BCUT2D eigenvalue weighted by atomic mass is 9.98. The molecule has 0 spiro atoms. The summed E-state index contributed by atoms with van der Waals surface area (Å²) < 4.78 is 18.2. The Labute approximate surface area is 169 Å². The zero-order chi connectivity index (χ0) is 20.6. The third kappa shape index (κ3) is 5.48. The van der Waals surface area contributed by atoms with Gasteiger partial charge < -0.3 is 14.7 Å². The van der Waals surface area contributed by atoms with Gasteiger partial charge in [-0.3, -0.25) is 4.79 Å². The molecular formula is C22H25FN4O2. The second-order valence-corrected chi connectivity index (χ2v) is 7.02. The maximum absolute atomic E-state index is 12.9. The molecule has 4 rings (SSSR count). The highest BCUT2D eigenvalue weighted by Gasteiger charge is 2.24. The van der Waals surface area contributed by atoms with Crippen LogP contribution in [-0.2, 0) is 0 Å². The molecule has 2 heterocycles. The summed E-state index contributed by atoms with van der Waals surface area (Å²) in [6.07, 6.45) is 3.07. The van der Waals surface area contributed by atoms with Gasteiger partial charge in [-0.1, -0.05) is 17.3 Å². The Hall–Kier alpha value is -3.06. The fourth-order valence-electron chi connectivity index (χ4n) is 3.31. The number of anilines is 1. The van der Waals surface area contributed by atoms with Crippen LogP contribution >= 0.6 is 0 Å². The van der Waals surface area contributed by atoms with Crippen molar-refractivity contribution in [2.24, 2.45) is 0 Å². The van der Waals surface area contributed by atoms with Gasteiger partial charge in [-0.15, -0.1) is 0 Å². The van der Waals surface area contributed by atoms with Gasteiger partial charge in [-0.05, 0) is 62.8 Å². The van der Waals surface area contributed by atoms with Crippen molar-refractivity contribution in [2.75, 3.05) is 32.5 Å². The van der Waals surface area contributed by atoms with Gasteiger partial charge in [0, 0.05) is 30.4 Å². The minimum Gasteiger partial charge on any atom is -0.388 e. The molecule has 0 saturated carbocycles. The number of hydrogen-bond acceptors (Lipinski definition) is 6. The number of carbonyl (C=O) groups excluding carboxylic acids is 1. The highest BCUT2D eigenvalue weighted by Crippen LogP contribution is 2.26. The lowest BCUT2D eigenvalue weighted by Crippen LogP contribution is -2.30. The van der Waals surface area contributed by atoms with Gasteiger partial charge in [-0.2, -0.15) is 4.98 Å². The number of para-hydroxylation sites is 1. The van der Waals surface area contributed by atoms with Crippen LogP contribution < -0.4 is 5.32 Å². The first kappa shape index (κ1) is 20.7. The summed E-state index contributed by atoms with van der Waals surface area (Å²) in [7, 11) is 3.89. The second-order valence-electron chi connectivity index (χ2n) is 7.02. The van der Waals surface area contributed by atoms with E-state index in [-0.39, 0.29) is 5.82 Å². The molecule has 29 heavy (non-hydrogen) atoms. The van der Waals surface area contributed by atoms with Crippen LogP contribution in [-0.4, -0.2) is 48.5 Å². The molecule has 1 aliphatic rings. The molecule has 6 nitrogen and oxygen atoms in total. The molecule has 3 aromatic rings. The number of aldehydes is 1. The Morgan fingerprint density at radius 1 is 1.21 bits per heavy atom. The first-order valence-electron chi connectivity index (χ1n) is 9.60. The summed E-state index contributed by atoms with van der Waals surface area (Å²) in [5.41, 5.74) is 2.35. The molecule has 1 aromatic heterocycles. The zero-order valence-electron chi connectivity index (χ0n) is 16.6. The molecule has 0 unspecified atom stereocenters. The average Bonchev–Trinajstić information content (AvgIpc) is 3.25. The van der Waals surface area contributed by atoms with Crippen LogP contribution in [0.3, 0.4) is 0 Å². The van der Waals surface area contributed by atoms with Crippen molar-refractivity contribution in [3.05, 3.63) is 65.8 Å². The van der Waals surface area contributed by atoms with Crippen molar-refractivity contribution in [2.45, 2.75) is 18.8 Å². The van der Waals surface area contributed by atoms with Crippen LogP contribution in [0.25, 0.3) is 11.4 Å². The van der Waals surface area contributed by atoms with E-state index in [4.69, 9.17) is 4.52 Å². The minimum absolute atomic E-state index is 0.263. The Morgan fingerprint density at radius 3 is 2.62 bits per heavy atom. The van der Waals surface area contributed by atoms with E-state index in [1.165, 1.54) is 12.1 Å². The standard InChI is InChI=1S/C14H16FN3O.C8H9NO/c1-18-8-2-3-11(9-18)14-16-13(17-19-14)10-4-6-12(15)7-5-10;1-9-8-5-3-2-4-7(8)6-10/h4-7,11H,2-3,8-9H2,1H3;2-6,9H,1H3/t11-;/m0./s1. The van der Waals surface area contributed by atoms with Gasteiger partial charge in [0.05, 0.1) is 5.92 Å². The molecule has 152 valence electrons. The van der Waals surface area contributed by atoms with Crippen molar-refractivity contribution < 1.29 is 13.7 Å². The molecule has 2 aromatic carbocycles. The normalized spacial score (nSPS) is 16.6. The first-order valence-corrected chi connectivity index (χ1v) is 9.60. The van der Waals surface area contributed by atoms with Crippen LogP contribution in [0.1, 0.15) is 35.0 Å². The molecular weight excluding hydrogens is 371 g/mol. The van der Waals surface area contributed by atoms with E-state index in [1.807, 2.05) is 18.2 Å². The van der Waals surface area contributed by atoms with Gasteiger partial charge >= 0.3 is 0 Å². The average molecular weight is 396 g/mol. The SMILES string of the molecule is CN1CCC[C@H](c2nc(-c3ccc(F)cc3)no2)C1.CNc1ccccc1C=O. The number of piperidine rings is 1. The van der Waals surface area contributed by atoms with Crippen LogP contribution in [0.4, 0.5) is 10.1 Å². The Morgan fingerprint density at radius 2 is 1.97 bits per heavy atom. The quantitative estimate of drug-likeness (QED) is 0.666. The highest BCUT2D eigenvalue weighted by molar-refractivity contribution is 5.83. The van der Waals surface area contributed by atoms with E-state index >= 15 is 0 Å². The largest absolute Gasteiger partial charge is 0.388 e. The lowest BCUT2D eigenvalue weighted by molar-refractivity contribution is 0.112. The summed E-state index contributed by atoms with van der Waals surface area (Å²) in [4.78, 5) is 17.1. The number of likely N-dealkylation sites (N-methyl/N-ethyl adjacent to an activating group) is 1. The van der Waals surface area contributed by atoms with E-state index < -0.39 is 0 Å². The summed E-state index contributed by atoms with van der Waals surface area (Å²) in [6, 6.07) is 13.5. The minimum atomic E-state index is -0.263. The third-order valence-electron chi connectivity index (χ3n) is 4.87. The fourth-order valence-corrected chi connectivity index (χ4v) is 3.31. The van der Waals surface area contributed by atoms with E-state index in [0.717, 1.165) is 43.5 Å². The molecule has 1 fully saturated rings. The molecule has 1 N–H and O–H groups in total. The number of benzene rings is 2. The van der Waals surface area contributed by atoms with Crippen molar-refractivity contribution in [1.82, 2.24) is 15.0 Å². The molecule has 0 aliphatic carbocycles. The number of rotatable bonds is 4. The number of nitrogens with one attached hydrogen (secondary N) is 1. The fraction of sp³-hybridized carbons (Fsp3) is 0.318. The number of hydrogen-bond donors (Lipinski definition) is 1. The van der Waals surface area contributed by atoms with Crippen molar-refractivity contribution in [3.8, 4) is 11.4 Å². The molecule has 1 saturated heterocycles. The number of aromatic nitrogens is 2. The number of nitrogens with zero attached hydrogens (tertiary/aromatic N) is 3. The van der Waals surface area contributed by atoms with E-state index in [9.17, 15) is 9.18 Å². The topological polar surface area (TPSA) is 71.3 Å². The monoisotopic (exact) mass is 396 g/mol. The number of likely N-dealkylation sites (tertiary alicyclic amines) is 1. The van der Waals surface area contributed by atoms with Crippen LogP contribution in [0.2, 0.25) is 0 Å². The van der Waals surface area contributed by atoms with Gasteiger partial charge in [0.1, 0.15) is 5.82 Å². The number of halogens is 1. The maximum Gasteiger partial charge on any atom is 0.231 e. The lowest BCUT2D eigenvalue weighted by Gasteiger charge is -2.27. The van der Waals surface area contributed by atoms with Crippen molar-refractivity contribution >= 4 is 12.0 Å². The van der Waals surface area contributed by atoms with Crippen molar-refractivity contribution in [3.63, 3.8) is 0 Å². The summed E-state index contributed by atoms with van der Waals surface area (Å²) >= 11 is 0. The molecule has 1 atom stereocenters. The van der Waals surface area contributed by atoms with Gasteiger partial charge in [0.15, 0.2) is 6.29 Å². The molecule has 0 bridgehead atoms. The summed E-state index contributed by atoms with van der Waals surface area (Å²) in [5, 5.41) is 6.90. The predicted molar refractivity (Wildman–Crippen MR) is 111 cm³/mol. The highest BCUT2D eigenvalue weighted by atomic mass is 19.1. The third-order valence-corrected chi connectivity index (χ3v) is 4.87. The Bertz CT molecular complexity index is 927. The van der Waals surface area contributed by atoms with E-state index in [1.54, 1.807) is 25.2 Å². The van der Waals surface area contributed by atoms with Gasteiger partial charge in [0.2, 0.25) is 11.7 Å². The zero-order valence-corrected chi connectivity index (χ0v) is 16.6. The molecule has 0 amide bonds. The van der Waals surface area contributed by atoms with Crippen molar-refractivity contribution in [1.29, 1.82) is 0 Å². The van der Waals surface area contributed by atoms with E-state index in [0.29, 0.717) is 23.2 Å². The Kier molecular flexibility index (Phi) is 7.08. The van der Waals surface area contributed by atoms with Crippen LogP contribution in [0, 0.1) is 5.82 Å². The summed E-state index contributed by atoms with van der Waals surface area (Å²) in [6.45, 7) is 2.07. The van der Waals surface area contributed by atoms with Crippen LogP contribution in [0.5, 0.6) is 0 Å². The molecule has 1 aliphatic heterocycles. The molecule has 7 heteroatoms. The Balaban J connectivity index is 0.000000204. The maximum atomic E-state index is 12.9. The summed E-state index contributed by atoms with van der Waals surface area (Å²) in [5.74, 6) is 1.26. The smallest absolute Gasteiger partial charge is 0.231 e. The van der Waals surface area contributed by atoms with E-state index in [2.05, 4.69) is 27.4 Å². The van der Waals surface area contributed by atoms with Gasteiger partial charge in [0.25, 0.3) is 0 Å². The molecule has 0 radical (unpaired) electrons. The predicted octanol–water partition coefficient (Wildman–Crippen LogP) is 4.23. The van der Waals surface area contributed by atoms with Gasteiger partial charge in [-0.25, -0.2) is 4.39 Å².